The molecule has 0 aliphatic heterocycles. The van der Waals surface area contributed by atoms with Crippen LogP contribution in [0.4, 0.5) is 0 Å². The zero-order valence-electron chi connectivity index (χ0n) is 7.37. The van der Waals surface area contributed by atoms with E-state index in [4.69, 9.17) is 10.5 Å². The van der Waals surface area contributed by atoms with Gasteiger partial charge < -0.3 is 15.5 Å². The number of nitrogens with one attached hydrogen (secondary N) is 1. The van der Waals surface area contributed by atoms with Gasteiger partial charge in [0.2, 0.25) is 0 Å². The molecule has 0 radical (unpaired) electrons. The average Bonchev–Trinajstić information content (AvgIpc) is 2.63. The Bertz CT molecular complexity index is 422. The van der Waals surface area contributed by atoms with E-state index in [1.807, 2.05) is 18.3 Å². The Balaban J connectivity index is 2.70. The van der Waals surface area contributed by atoms with Crippen LogP contribution in [-0.2, 0) is 6.54 Å². The van der Waals surface area contributed by atoms with Gasteiger partial charge in [0.1, 0.15) is 11.4 Å². The van der Waals surface area contributed by atoms with E-state index in [1.165, 1.54) is 0 Å². The van der Waals surface area contributed by atoms with Crippen LogP contribution < -0.4 is 10.5 Å². The Hall–Kier alpha value is -1.55. The number of fused-ring (bicyclic) bond motifs is 1. The van der Waals surface area contributed by atoms with Crippen molar-refractivity contribution >= 4 is 11.0 Å². The summed E-state index contributed by atoms with van der Waals surface area (Å²) in [5, 5.41) is 0.986. The first-order valence-electron chi connectivity index (χ1n) is 4.06. The first kappa shape index (κ1) is 8.07. The molecule has 0 saturated heterocycles. The van der Waals surface area contributed by atoms with Gasteiger partial charge in [-0.2, -0.15) is 0 Å². The maximum Gasteiger partial charge on any atom is 0.141 e. The normalized spacial score (nSPS) is 10.6. The fraction of sp³-hybridized carbons (Fsp3) is 0.222. The van der Waals surface area contributed by atoms with E-state index in [0.717, 1.165) is 22.5 Å². The lowest BCUT2D eigenvalue weighted by atomic mass is 10.2. The number of aromatic amines is 1. The fourth-order valence-electron chi connectivity index (χ4n) is 1.33. The van der Waals surface area contributed by atoms with Crippen molar-refractivity contribution in [3.05, 3.63) is 24.0 Å². The Labute approximate surface area is 75.7 Å². The Kier molecular flexibility index (Phi) is 1.90. The van der Waals surface area contributed by atoms with E-state index in [0.29, 0.717) is 6.54 Å². The molecule has 13 heavy (non-hydrogen) atoms. The second-order valence-electron chi connectivity index (χ2n) is 2.76. The molecule has 68 valence electrons. The first-order chi connectivity index (χ1) is 6.35. The molecule has 2 aromatic rings. The molecule has 0 atom stereocenters. The van der Waals surface area contributed by atoms with Gasteiger partial charge in [0.25, 0.3) is 0 Å². The molecule has 0 saturated carbocycles. The van der Waals surface area contributed by atoms with Crippen molar-refractivity contribution in [1.82, 2.24) is 9.97 Å². The Morgan fingerprint density at radius 2 is 2.46 bits per heavy atom. The van der Waals surface area contributed by atoms with Crippen LogP contribution in [0.3, 0.4) is 0 Å². The number of pyridine rings is 1. The molecule has 0 bridgehead atoms. The molecule has 2 heterocycles. The minimum atomic E-state index is 0.422. The number of rotatable bonds is 2. The highest BCUT2D eigenvalue weighted by molar-refractivity contribution is 5.82. The van der Waals surface area contributed by atoms with Crippen molar-refractivity contribution < 1.29 is 4.74 Å². The van der Waals surface area contributed by atoms with Crippen molar-refractivity contribution in [3.8, 4) is 5.75 Å². The summed E-state index contributed by atoms with van der Waals surface area (Å²) in [5.41, 5.74) is 7.15. The maximum atomic E-state index is 5.50. The fourth-order valence-corrected chi connectivity index (χ4v) is 1.33. The van der Waals surface area contributed by atoms with Gasteiger partial charge in [-0.05, 0) is 6.07 Å². The number of hydrogen-bond acceptors (Lipinski definition) is 3. The van der Waals surface area contributed by atoms with Crippen LogP contribution in [0.2, 0.25) is 0 Å². The smallest absolute Gasteiger partial charge is 0.141 e. The van der Waals surface area contributed by atoms with Gasteiger partial charge in [-0.1, -0.05) is 0 Å². The van der Waals surface area contributed by atoms with E-state index < -0.39 is 0 Å². The molecule has 3 N–H and O–H groups in total. The van der Waals surface area contributed by atoms with E-state index >= 15 is 0 Å². The first-order valence-corrected chi connectivity index (χ1v) is 4.06. The minimum Gasteiger partial charge on any atom is -0.496 e. The maximum absolute atomic E-state index is 5.50. The summed E-state index contributed by atoms with van der Waals surface area (Å²) in [6.45, 7) is 0.422. The van der Waals surface area contributed by atoms with Crippen molar-refractivity contribution in [2.24, 2.45) is 5.73 Å². The SMILES string of the molecule is COc1cc(CN)nc2[nH]ccc12. The van der Waals surface area contributed by atoms with Gasteiger partial charge in [0, 0.05) is 18.8 Å². The molecule has 2 rings (SSSR count). The number of methoxy groups -OCH3 is 1. The number of nitrogens with zero attached hydrogens (tertiary/aromatic N) is 1. The van der Waals surface area contributed by atoms with Crippen LogP contribution in [0, 0.1) is 0 Å². The number of aromatic nitrogens is 2. The number of H-pyrrole nitrogens is 1. The second kappa shape index (κ2) is 3.06. The summed E-state index contributed by atoms with van der Waals surface area (Å²) in [7, 11) is 1.64. The van der Waals surface area contributed by atoms with Crippen LogP contribution >= 0.6 is 0 Å². The molecule has 0 unspecified atom stereocenters. The van der Waals surface area contributed by atoms with Crippen LogP contribution in [-0.4, -0.2) is 17.1 Å². The van der Waals surface area contributed by atoms with Crippen LogP contribution in [0.5, 0.6) is 5.75 Å². The molecule has 0 aliphatic rings. The van der Waals surface area contributed by atoms with E-state index in [-0.39, 0.29) is 0 Å². The monoisotopic (exact) mass is 177 g/mol. The highest BCUT2D eigenvalue weighted by Gasteiger charge is 2.05. The minimum absolute atomic E-state index is 0.422. The Morgan fingerprint density at radius 1 is 1.62 bits per heavy atom. The summed E-state index contributed by atoms with van der Waals surface area (Å²) in [5.74, 6) is 0.812. The number of ether oxygens (including phenoxy) is 1. The van der Waals surface area contributed by atoms with Gasteiger partial charge in [-0.25, -0.2) is 4.98 Å². The summed E-state index contributed by atoms with van der Waals surface area (Å²) >= 11 is 0. The zero-order chi connectivity index (χ0) is 9.26. The van der Waals surface area contributed by atoms with E-state index in [9.17, 15) is 0 Å². The van der Waals surface area contributed by atoms with Crippen molar-refractivity contribution in [2.45, 2.75) is 6.54 Å². The van der Waals surface area contributed by atoms with Crippen molar-refractivity contribution in [3.63, 3.8) is 0 Å². The molecule has 0 aliphatic carbocycles. The summed E-state index contributed by atoms with van der Waals surface area (Å²) in [6.07, 6.45) is 1.83. The second-order valence-corrected chi connectivity index (χ2v) is 2.76. The summed E-state index contributed by atoms with van der Waals surface area (Å²) in [4.78, 5) is 7.32. The molecule has 0 spiro atoms. The standard InChI is InChI=1S/C9H11N3O/c1-13-8-4-6(5-10)12-9-7(8)2-3-11-9/h2-4H,5,10H2,1H3,(H,11,12). The lowest BCUT2D eigenvalue weighted by molar-refractivity contribution is 0.419. The quantitative estimate of drug-likeness (QED) is 0.720. The largest absolute Gasteiger partial charge is 0.496 e. The number of nitrogens with two attached hydrogens (primary N) is 1. The summed E-state index contributed by atoms with van der Waals surface area (Å²) < 4.78 is 5.21. The third kappa shape index (κ3) is 1.25. The highest BCUT2D eigenvalue weighted by Crippen LogP contribution is 2.23. The highest BCUT2D eigenvalue weighted by atomic mass is 16.5. The average molecular weight is 177 g/mol. The molecule has 0 fully saturated rings. The van der Waals surface area contributed by atoms with Gasteiger partial charge in [0.05, 0.1) is 18.2 Å². The van der Waals surface area contributed by atoms with Crippen molar-refractivity contribution in [1.29, 1.82) is 0 Å². The van der Waals surface area contributed by atoms with E-state index in [2.05, 4.69) is 9.97 Å². The predicted octanol–water partition coefficient (Wildman–Crippen LogP) is 1.03. The third-order valence-electron chi connectivity index (χ3n) is 1.97. The van der Waals surface area contributed by atoms with Gasteiger partial charge in [-0.3, -0.25) is 0 Å². The third-order valence-corrected chi connectivity index (χ3v) is 1.97. The lowest BCUT2D eigenvalue weighted by Gasteiger charge is -2.03. The van der Waals surface area contributed by atoms with Gasteiger partial charge in [-0.15, -0.1) is 0 Å². The molecular weight excluding hydrogens is 166 g/mol. The van der Waals surface area contributed by atoms with Gasteiger partial charge in [0.15, 0.2) is 0 Å². The predicted molar refractivity (Wildman–Crippen MR) is 50.5 cm³/mol. The molecule has 4 nitrogen and oxygen atoms in total. The van der Waals surface area contributed by atoms with Crippen molar-refractivity contribution in [2.75, 3.05) is 7.11 Å². The molecule has 0 aromatic carbocycles. The molecule has 2 aromatic heterocycles. The molecule has 4 heteroatoms. The lowest BCUT2D eigenvalue weighted by Crippen LogP contribution is -2.00. The van der Waals surface area contributed by atoms with Gasteiger partial charge >= 0.3 is 0 Å². The molecular formula is C9H11N3O. The van der Waals surface area contributed by atoms with E-state index in [1.54, 1.807) is 7.11 Å². The molecule has 0 amide bonds. The number of hydrogen-bond donors (Lipinski definition) is 2. The van der Waals surface area contributed by atoms with Crippen LogP contribution in [0.15, 0.2) is 18.3 Å². The zero-order valence-corrected chi connectivity index (χ0v) is 7.37. The topological polar surface area (TPSA) is 63.9 Å². The summed E-state index contributed by atoms with van der Waals surface area (Å²) in [6, 6.07) is 3.79. The van der Waals surface area contributed by atoms with Crippen LogP contribution in [0.1, 0.15) is 5.69 Å². The Morgan fingerprint density at radius 3 is 3.15 bits per heavy atom. The van der Waals surface area contributed by atoms with Crippen LogP contribution in [0.25, 0.3) is 11.0 Å².